The van der Waals surface area contributed by atoms with Crippen LogP contribution in [0.25, 0.3) is 17.0 Å². The highest BCUT2D eigenvalue weighted by Crippen LogP contribution is 2.35. The van der Waals surface area contributed by atoms with E-state index in [-0.39, 0.29) is 17.2 Å². The topological polar surface area (TPSA) is 68.6 Å². The van der Waals surface area contributed by atoms with Gasteiger partial charge in [0.1, 0.15) is 12.4 Å². The third kappa shape index (κ3) is 5.98. The van der Waals surface area contributed by atoms with Gasteiger partial charge in [0.15, 0.2) is 5.78 Å². The maximum Gasteiger partial charge on any atom is 0.293 e. The molecule has 0 spiro atoms. The lowest BCUT2D eigenvalue weighted by Gasteiger charge is -2.11. The van der Waals surface area contributed by atoms with E-state index >= 15 is 0 Å². The number of hydrogen-bond donors (Lipinski definition) is 0. The summed E-state index contributed by atoms with van der Waals surface area (Å²) in [4.78, 5) is 39.8. The minimum atomic E-state index is -0.485. The molecule has 1 fully saturated rings. The van der Waals surface area contributed by atoms with E-state index in [0.717, 1.165) is 43.4 Å². The number of amides is 2. The van der Waals surface area contributed by atoms with Crippen LogP contribution < -0.4 is 4.74 Å². The summed E-state index contributed by atoms with van der Waals surface area (Å²) in [6.07, 6.45) is 3.67. The lowest BCUT2D eigenvalue weighted by Crippen LogP contribution is -2.33. The van der Waals surface area contributed by atoms with Crippen molar-refractivity contribution in [3.8, 4) is 5.75 Å². The Morgan fingerprint density at radius 1 is 1.03 bits per heavy atom. The van der Waals surface area contributed by atoms with Gasteiger partial charge in [-0.1, -0.05) is 33.6 Å². The largest absolute Gasteiger partial charge is 0.492 e. The van der Waals surface area contributed by atoms with Gasteiger partial charge < -0.3 is 9.30 Å². The van der Waals surface area contributed by atoms with Crippen molar-refractivity contribution < 1.29 is 19.1 Å². The highest BCUT2D eigenvalue weighted by Gasteiger charge is 2.36. The molecule has 9 heteroatoms. The molecule has 1 saturated heterocycles. The summed E-state index contributed by atoms with van der Waals surface area (Å²) in [5.74, 6) is 0.000144. The zero-order valence-corrected chi connectivity index (χ0v) is 24.4. The molecule has 0 aliphatic carbocycles. The average Bonchev–Trinajstić information content (AvgIpc) is 3.37. The van der Waals surface area contributed by atoms with E-state index in [9.17, 15) is 14.4 Å². The van der Waals surface area contributed by atoms with E-state index in [2.05, 4.69) is 34.3 Å². The number of thioether (sulfide) groups is 1. The molecular weight excluding hydrogens is 600 g/mol. The number of aromatic nitrogens is 1. The minimum absolute atomic E-state index is 0.273. The number of benzene rings is 3. The molecule has 2 heterocycles. The first-order chi connectivity index (χ1) is 18.7. The summed E-state index contributed by atoms with van der Waals surface area (Å²) in [5, 5.41) is 0.961. The number of halogens is 2. The smallest absolute Gasteiger partial charge is 0.293 e. The van der Waals surface area contributed by atoms with Crippen LogP contribution in [0.1, 0.15) is 27.0 Å². The van der Waals surface area contributed by atoms with Crippen molar-refractivity contribution in [2.45, 2.75) is 20.4 Å². The van der Waals surface area contributed by atoms with Crippen molar-refractivity contribution in [2.24, 2.45) is 0 Å². The van der Waals surface area contributed by atoms with Crippen LogP contribution >= 0.6 is 39.3 Å². The van der Waals surface area contributed by atoms with Gasteiger partial charge in [0.2, 0.25) is 0 Å². The number of rotatable bonds is 8. The maximum atomic E-state index is 13.1. The van der Waals surface area contributed by atoms with Crippen molar-refractivity contribution in [3.05, 3.63) is 104 Å². The Kier molecular flexibility index (Phi) is 7.98. The molecule has 198 valence electrons. The summed E-state index contributed by atoms with van der Waals surface area (Å²) in [5.41, 5.74) is 4.55. The number of carbonyl (C=O) groups is 3. The first-order valence-corrected chi connectivity index (χ1v) is 14.2. The van der Waals surface area contributed by atoms with Crippen molar-refractivity contribution in [1.29, 1.82) is 0 Å². The molecule has 0 bridgehead atoms. The lowest BCUT2D eigenvalue weighted by atomic mass is 10.1. The second-order valence-electron chi connectivity index (χ2n) is 9.23. The molecule has 1 aromatic heterocycles. The van der Waals surface area contributed by atoms with E-state index in [1.165, 1.54) is 11.1 Å². The second kappa shape index (κ2) is 11.4. The number of nitrogens with zero attached hydrogens (tertiary/aromatic N) is 2. The van der Waals surface area contributed by atoms with E-state index in [0.29, 0.717) is 23.7 Å². The van der Waals surface area contributed by atoms with Crippen molar-refractivity contribution in [3.63, 3.8) is 0 Å². The Balaban J connectivity index is 1.36. The van der Waals surface area contributed by atoms with Gasteiger partial charge in [-0.3, -0.25) is 19.3 Å². The number of ether oxygens (including phenoxy) is 1. The Morgan fingerprint density at radius 2 is 1.79 bits per heavy atom. The zero-order valence-electron chi connectivity index (χ0n) is 21.2. The monoisotopic (exact) mass is 622 g/mol. The Morgan fingerprint density at radius 3 is 2.54 bits per heavy atom. The molecule has 0 unspecified atom stereocenters. The van der Waals surface area contributed by atoms with Crippen LogP contribution in [0.5, 0.6) is 5.75 Å². The first-order valence-electron chi connectivity index (χ1n) is 12.2. The Hall–Kier alpha value is -3.33. The third-order valence-corrected chi connectivity index (χ3v) is 8.23. The molecule has 2 amide bonds. The third-order valence-electron chi connectivity index (χ3n) is 6.58. The fraction of sp³-hybridized carbons (Fsp3) is 0.167. The molecule has 1 aliphatic heterocycles. The van der Waals surface area contributed by atoms with Gasteiger partial charge in [0.25, 0.3) is 11.1 Å². The van der Waals surface area contributed by atoms with Crippen LogP contribution in [0, 0.1) is 13.8 Å². The van der Waals surface area contributed by atoms with Gasteiger partial charge in [0, 0.05) is 37.7 Å². The second-order valence-corrected chi connectivity index (χ2v) is 11.6. The van der Waals surface area contributed by atoms with Crippen LogP contribution in [-0.4, -0.2) is 39.5 Å². The van der Waals surface area contributed by atoms with Gasteiger partial charge >= 0.3 is 0 Å². The summed E-state index contributed by atoms with van der Waals surface area (Å²) in [6, 6.07) is 18.3. The Bertz CT molecular complexity index is 1640. The molecule has 0 radical (unpaired) electrons. The molecular formula is C30H24BrClN2O4S. The van der Waals surface area contributed by atoms with Gasteiger partial charge in [0.05, 0.1) is 18.0 Å². The van der Waals surface area contributed by atoms with Crippen molar-refractivity contribution in [2.75, 3.05) is 13.2 Å². The van der Waals surface area contributed by atoms with Crippen LogP contribution in [-0.2, 0) is 11.3 Å². The first kappa shape index (κ1) is 27.2. The van der Waals surface area contributed by atoms with Gasteiger partial charge in [-0.15, -0.1) is 0 Å². The maximum absolute atomic E-state index is 13.1. The molecule has 4 aromatic rings. The van der Waals surface area contributed by atoms with E-state index < -0.39 is 11.1 Å². The summed E-state index contributed by atoms with van der Waals surface area (Å²) >= 11 is 10.3. The molecule has 6 nitrogen and oxygen atoms in total. The molecule has 5 rings (SSSR count). The molecule has 1 aliphatic rings. The number of hydrogen-bond acceptors (Lipinski definition) is 5. The summed E-state index contributed by atoms with van der Waals surface area (Å²) in [6.45, 7) is 4.85. The summed E-state index contributed by atoms with van der Waals surface area (Å²) in [7, 11) is 0. The summed E-state index contributed by atoms with van der Waals surface area (Å²) < 4.78 is 8.96. The quantitative estimate of drug-likeness (QED) is 0.149. The van der Waals surface area contributed by atoms with Gasteiger partial charge in [-0.25, -0.2) is 0 Å². The highest BCUT2D eigenvalue weighted by molar-refractivity contribution is 9.10. The number of fused-ring (bicyclic) bond motifs is 1. The van der Waals surface area contributed by atoms with E-state index in [1.807, 2.05) is 42.6 Å². The Labute approximate surface area is 243 Å². The van der Waals surface area contributed by atoms with Crippen LogP contribution in [0.15, 0.2) is 76.2 Å². The van der Waals surface area contributed by atoms with E-state index in [1.54, 1.807) is 30.3 Å². The van der Waals surface area contributed by atoms with Gasteiger partial charge in [-0.2, -0.15) is 0 Å². The molecule has 0 N–H and O–H groups in total. The predicted octanol–water partition coefficient (Wildman–Crippen LogP) is 7.67. The predicted molar refractivity (Wildman–Crippen MR) is 160 cm³/mol. The van der Waals surface area contributed by atoms with Crippen molar-refractivity contribution >= 4 is 73.2 Å². The number of imide groups is 1. The SMILES string of the molecule is Cc1ccc(OCCn2cc(/C=C3\SC(=O)N(CC(=O)c4ccc(Cl)cc4)C3=O)c3cc(Br)ccc32)cc1C. The number of carbonyl (C=O) groups excluding carboxylic acids is 3. The fourth-order valence-corrected chi connectivity index (χ4v) is 5.63. The molecule has 3 aromatic carbocycles. The number of ketones is 1. The van der Waals surface area contributed by atoms with Gasteiger partial charge in [-0.05, 0) is 97.4 Å². The van der Waals surface area contributed by atoms with Crippen LogP contribution in [0.3, 0.4) is 0 Å². The standard InChI is InChI=1S/C30H24BrClN2O4S/c1-18-3-9-24(13-19(18)2)38-12-11-33-16-21(25-15-22(31)6-10-26(25)33)14-28-29(36)34(30(37)39-28)17-27(35)20-4-7-23(32)8-5-20/h3-10,13-16H,11-12,17H2,1-2H3/b28-14-. The molecule has 0 saturated carbocycles. The normalized spacial score (nSPS) is 14.6. The van der Waals surface area contributed by atoms with Crippen LogP contribution in [0.2, 0.25) is 5.02 Å². The number of aryl methyl sites for hydroxylation is 2. The van der Waals surface area contributed by atoms with E-state index in [4.69, 9.17) is 16.3 Å². The average molecular weight is 624 g/mol. The number of Topliss-reactive ketones (excluding diaryl/α,β-unsaturated/α-hetero) is 1. The highest BCUT2D eigenvalue weighted by atomic mass is 79.9. The molecule has 0 atom stereocenters. The lowest BCUT2D eigenvalue weighted by molar-refractivity contribution is -0.122. The minimum Gasteiger partial charge on any atom is -0.492 e. The van der Waals surface area contributed by atoms with Crippen molar-refractivity contribution in [1.82, 2.24) is 9.47 Å². The zero-order chi connectivity index (χ0) is 27.7. The molecule has 39 heavy (non-hydrogen) atoms. The van der Waals surface area contributed by atoms with Crippen LogP contribution in [0.4, 0.5) is 4.79 Å². The fourth-order valence-electron chi connectivity index (χ4n) is 4.31.